The predicted molar refractivity (Wildman–Crippen MR) is 63.4 cm³/mol. The van der Waals surface area contributed by atoms with Gasteiger partial charge in [-0.1, -0.05) is 0 Å². The van der Waals surface area contributed by atoms with Crippen LogP contribution in [0.4, 0.5) is 0 Å². The SMILES string of the molecule is CC(C)N1CCOC(CS(=O)CCN)C1. The lowest BCUT2D eigenvalue weighted by Crippen LogP contribution is -2.47. The maximum atomic E-state index is 11.5. The molecule has 0 radical (unpaired) electrons. The summed E-state index contributed by atoms with van der Waals surface area (Å²) in [6, 6.07) is 0.541. The summed E-state index contributed by atoms with van der Waals surface area (Å²) in [4.78, 5) is 2.37. The van der Waals surface area contributed by atoms with E-state index in [4.69, 9.17) is 10.5 Å². The lowest BCUT2D eigenvalue weighted by atomic mass is 10.2. The van der Waals surface area contributed by atoms with Gasteiger partial charge in [-0.3, -0.25) is 9.11 Å². The van der Waals surface area contributed by atoms with Gasteiger partial charge in [-0.25, -0.2) is 0 Å². The summed E-state index contributed by atoms with van der Waals surface area (Å²) in [6.45, 7) is 7.49. The third-order valence-corrected chi connectivity index (χ3v) is 4.05. The Balaban J connectivity index is 2.33. The Morgan fingerprint density at radius 3 is 2.93 bits per heavy atom. The van der Waals surface area contributed by atoms with E-state index in [1.54, 1.807) is 0 Å². The highest BCUT2D eigenvalue weighted by atomic mass is 32.2. The van der Waals surface area contributed by atoms with Crippen molar-refractivity contribution in [1.29, 1.82) is 0 Å². The topological polar surface area (TPSA) is 55.6 Å². The predicted octanol–water partition coefficient (Wildman–Crippen LogP) is -0.197. The van der Waals surface area contributed by atoms with Crippen molar-refractivity contribution in [3.8, 4) is 0 Å². The van der Waals surface area contributed by atoms with Crippen LogP contribution in [0.5, 0.6) is 0 Å². The van der Waals surface area contributed by atoms with E-state index >= 15 is 0 Å². The van der Waals surface area contributed by atoms with E-state index in [0.29, 0.717) is 24.1 Å². The molecule has 4 nitrogen and oxygen atoms in total. The first-order chi connectivity index (χ1) is 7.13. The summed E-state index contributed by atoms with van der Waals surface area (Å²) in [7, 11) is -0.822. The van der Waals surface area contributed by atoms with E-state index in [-0.39, 0.29) is 6.10 Å². The summed E-state index contributed by atoms with van der Waals surface area (Å²) >= 11 is 0. The number of hydrogen-bond acceptors (Lipinski definition) is 4. The average Bonchev–Trinajstić information content (AvgIpc) is 2.18. The fraction of sp³-hybridized carbons (Fsp3) is 1.00. The highest BCUT2D eigenvalue weighted by Crippen LogP contribution is 2.09. The molecule has 1 saturated heterocycles. The molecule has 1 fully saturated rings. The minimum absolute atomic E-state index is 0.119. The molecule has 0 aromatic rings. The zero-order chi connectivity index (χ0) is 11.3. The maximum Gasteiger partial charge on any atom is 0.0817 e. The van der Waals surface area contributed by atoms with Crippen molar-refractivity contribution in [2.45, 2.75) is 26.0 Å². The van der Waals surface area contributed by atoms with Gasteiger partial charge in [0, 0.05) is 42.2 Å². The largest absolute Gasteiger partial charge is 0.375 e. The van der Waals surface area contributed by atoms with E-state index in [1.165, 1.54) is 0 Å². The van der Waals surface area contributed by atoms with Gasteiger partial charge >= 0.3 is 0 Å². The molecule has 2 atom stereocenters. The van der Waals surface area contributed by atoms with Crippen molar-refractivity contribution in [3.63, 3.8) is 0 Å². The van der Waals surface area contributed by atoms with Crippen molar-refractivity contribution in [3.05, 3.63) is 0 Å². The Kier molecular flexibility index (Phi) is 5.74. The number of nitrogens with zero attached hydrogens (tertiary/aromatic N) is 1. The van der Waals surface area contributed by atoms with Gasteiger partial charge in [0.15, 0.2) is 0 Å². The minimum Gasteiger partial charge on any atom is -0.375 e. The van der Waals surface area contributed by atoms with Gasteiger partial charge in [-0.2, -0.15) is 0 Å². The van der Waals surface area contributed by atoms with Crippen LogP contribution in [0.25, 0.3) is 0 Å². The maximum absolute atomic E-state index is 11.5. The summed E-state index contributed by atoms with van der Waals surface area (Å²) in [5.74, 6) is 1.21. The molecule has 0 aliphatic carbocycles. The molecule has 2 unspecified atom stereocenters. The molecular weight excluding hydrogens is 212 g/mol. The van der Waals surface area contributed by atoms with Gasteiger partial charge in [-0.15, -0.1) is 0 Å². The number of hydrogen-bond donors (Lipinski definition) is 1. The Morgan fingerprint density at radius 1 is 1.60 bits per heavy atom. The molecule has 0 aromatic carbocycles. The smallest absolute Gasteiger partial charge is 0.0817 e. The fourth-order valence-corrected chi connectivity index (χ4v) is 2.78. The second-order valence-corrected chi connectivity index (χ2v) is 5.80. The highest BCUT2D eigenvalue weighted by molar-refractivity contribution is 7.85. The Hall–Kier alpha value is 0.0300. The van der Waals surface area contributed by atoms with Crippen LogP contribution in [-0.4, -0.2) is 59.0 Å². The standard InChI is InChI=1S/C10H22N2O2S/c1-9(2)12-4-5-14-10(7-12)8-15(13)6-3-11/h9-10H,3-8,11H2,1-2H3. The van der Waals surface area contributed by atoms with Crippen molar-refractivity contribution in [1.82, 2.24) is 4.90 Å². The van der Waals surface area contributed by atoms with Crippen molar-refractivity contribution < 1.29 is 8.95 Å². The molecule has 5 heteroatoms. The first-order valence-electron chi connectivity index (χ1n) is 5.54. The van der Waals surface area contributed by atoms with Crippen LogP contribution in [0.3, 0.4) is 0 Å². The zero-order valence-electron chi connectivity index (χ0n) is 9.65. The quantitative estimate of drug-likeness (QED) is 0.716. The summed E-state index contributed by atoms with van der Waals surface area (Å²) < 4.78 is 17.1. The number of nitrogens with two attached hydrogens (primary N) is 1. The number of rotatable bonds is 5. The van der Waals surface area contributed by atoms with Gasteiger partial charge in [0.25, 0.3) is 0 Å². The normalized spacial score (nSPS) is 25.7. The minimum atomic E-state index is -0.822. The lowest BCUT2D eigenvalue weighted by Gasteiger charge is -2.35. The van der Waals surface area contributed by atoms with Gasteiger partial charge in [0.05, 0.1) is 18.5 Å². The Bertz CT molecular complexity index is 212. The molecule has 1 rings (SSSR count). The summed E-state index contributed by atoms with van der Waals surface area (Å²) in [6.07, 6.45) is 0.119. The van der Waals surface area contributed by atoms with Crippen molar-refractivity contribution >= 4 is 10.8 Å². The average molecular weight is 234 g/mol. The third-order valence-electron chi connectivity index (χ3n) is 2.62. The third kappa shape index (κ3) is 4.59. The van der Waals surface area contributed by atoms with Crippen LogP contribution in [-0.2, 0) is 15.5 Å². The van der Waals surface area contributed by atoms with Crippen LogP contribution < -0.4 is 5.73 Å². The molecule has 0 bridgehead atoms. The molecule has 1 aliphatic heterocycles. The van der Waals surface area contributed by atoms with Gasteiger partial charge < -0.3 is 10.5 Å². The van der Waals surface area contributed by atoms with E-state index in [1.807, 2.05) is 0 Å². The van der Waals surface area contributed by atoms with Crippen LogP contribution in [0.15, 0.2) is 0 Å². The summed E-state index contributed by atoms with van der Waals surface area (Å²) in [5.41, 5.74) is 5.37. The Labute approximate surface area is 94.6 Å². The molecule has 0 spiro atoms. The zero-order valence-corrected chi connectivity index (χ0v) is 10.5. The molecule has 15 heavy (non-hydrogen) atoms. The van der Waals surface area contributed by atoms with Gasteiger partial charge in [0.2, 0.25) is 0 Å². The van der Waals surface area contributed by atoms with E-state index in [2.05, 4.69) is 18.7 Å². The van der Waals surface area contributed by atoms with Crippen molar-refractivity contribution in [2.24, 2.45) is 5.73 Å². The highest BCUT2D eigenvalue weighted by Gasteiger charge is 2.23. The van der Waals surface area contributed by atoms with Crippen LogP contribution in [0.2, 0.25) is 0 Å². The Morgan fingerprint density at radius 2 is 2.33 bits per heavy atom. The lowest BCUT2D eigenvalue weighted by molar-refractivity contribution is -0.0268. The molecule has 1 aliphatic rings. The van der Waals surface area contributed by atoms with Crippen LogP contribution in [0, 0.1) is 0 Å². The summed E-state index contributed by atoms with van der Waals surface area (Å²) in [5, 5.41) is 0. The van der Waals surface area contributed by atoms with Gasteiger partial charge in [-0.05, 0) is 13.8 Å². The monoisotopic (exact) mass is 234 g/mol. The van der Waals surface area contributed by atoms with Gasteiger partial charge in [0.1, 0.15) is 0 Å². The first-order valence-corrected chi connectivity index (χ1v) is 7.03. The number of morpholine rings is 1. The molecule has 1 heterocycles. The van der Waals surface area contributed by atoms with Crippen LogP contribution in [0.1, 0.15) is 13.8 Å². The number of ether oxygens (including phenoxy) is 1. The second kappa shape index (κ2) is 6.58. The van der Waals surface area contributed by atoms with Crippen LogP contribution >= 0.6 is 0 Å². The molecule has 90 valence electrons. The molecule has 2 N–H and O–H groups in total. The second-order valence-electron chi connectivity index (χ2n) is 4.18. The molecule has 0 saturated carbocycles. The van der Waals surface area contributed by atoms with E-state index < -0.39 is 10.8 Å². The molecule has 0 amide bonds. The first kappa shape index (κ1) is 13.1. The van der Waals surface area contributed by atoms with E-state index in [9.17, 15) is 4.21 Å². The van der Waals surface area contributed by atoms with Crippen molar-refractivity contribution in [2.75, 3.05) is 37.7 Å². The molecule has 0 aromatic heterocycles. The fourth-order valence-electron chi connectivity index (χ4n) is 1.73. The van der Waals surface area contributed by atoms with E-state index in [0.717, 1.165) is 19.7 Å². The molecular formula is C10H22N2O2S.